The fourth-order valence-corrected chi connectivity index (χ4v) is 2.29. The Morgan fingerprint density at radius 1 is 1.25 bits per heavy atom. The quantitative estimate of drug-likeness (QED) is 0.747. The van der Waals surface area contributed by atoms with Crippen molar-refractivity contribution in [3.8, 4) is 5.82 Å². The van der Waals surface area contributed by atoms with Crippen LogP contribution in [0.1, 0.15) is 21.5 Å². The van der Waals surface area contributed by atoms with Gasteiger partial charge in [-0.3, -0.25) is 4.79 Å². The molecule has 122 valence electrons. The maximum atomic E-state index is 12.3. The standard InChI is InChI=1S/C17H17N5O2/c1-24-10-14-4-2-3-13(7-14)9-20-17(23)15-5-6-19-16(8-15)22-12-18-11-21-22/h2-8,11-12H,9-10H2,1H3,(H,20,23). The summed E-state index contributed by atoms with van der Waals surface area (Å²) in [4.78, 5) is 20.4. The summed E-state index contributed by atoms with van der Waals surface area (Å²) < 4.78 is 6.62. The van der Waals surface area contributed by atoms with E-state index in [1.54, 1.807) is 25.4 Å². The van der Waals surface area contributed by atoms with Crippen LogP contribution >= 0.6 is 0 Å². The molecule has 24 heavy (non-hydrogen) atoms. The fourth-order valence-electron chi connectivity index (χ4n) is 2.29. The summed E-state index contributed by atoms with van der Waals surface area (Å²) in [6.07, 6.45) is 4.53. The minimum atomic E-state index is -0.170. The number of amides is 1. The van der Waals surface area contributed by atoms with Crippen LogP contribution in [0.2, 0.25) is 0 Å². The fraction of sp³-hybridized carbons (Fsp3) is 0.176. The topological polar surface area (TPSA) is 81.9 Å². The number of hydrogen-bond donors (Lipinski definition) is 1. The number of pyridine rings is 1. The largest absolute Gasteiger partial charge is 0.380 e. The van der Waals surface area contributed by atoms with Gasteiger partial charge < -0.3 is 10.1 Å². The predicted octanol–water partition coefficient (Wildman–Crippen LogP) is 1.74. The summed E-state index contributed by atoms with van der Waals surface area (Å²) in [5.74, 6) is 0.373. The van der Waals surface area contributed by atoms with E-state index in [0.717, 1.165) is 11.1 Å². The smallest absolute Gasteiger partial charge is 0.251 e. The first-order valence-electron chi connectivity index (χ1n) is 7.42. The zero-order valence-electron chi connectivity index (χ0n) is 13.2. The van der Waals surface area contributed by atoms with E-state index in [-0.39, 0.29) is 5.91 Å². The van der Waals surface area contributed by atoms with E-state index in [1.807, 2.05) is 24.3 Å². The third-order valence-electron chi connectivity index (χ3n) is 3.42. The summed E-state index contributed by atoms with van der Waals surface area (Å²) in [7, 11) is 1.66. The first-order chi connectivity index (χ1) is 11.8. The van der Waals surface area contributed by atoms with E-state index in [1.165, 1.54) is 17.3 Å². The van der Waals surface area contributed by atoms with Gasteiger partial charge in [-0.15, -0.1) is 0 Å². The molecule has 0 saturated carbocycles. The average molecular weight is 323 g/mol. The van der Waals surface area contributed by atoms with Gasteiger partial charge in [0.2, 0.25) is 0 Å². The van der Waals surface area contributed by atoms with E-state index in [0.29, 0.717) is 24.5 Å². The van der Waals surface area contributed by atoms with Gasteiger partial charge in [0.25, 0.3) is 5.91 Å². The maximum Gasteiger partial charge on any atom is 0.251 e. The van der Waals surface area contributed by atoms with Gasteiger partial charge in [-0.2, -0.15) is 5.10 Å². The van der Waals surface area contributed by atoms with Gasteiger partial charge in [-0.1, -0.05) is 24.3 Å². The zero-order chi connectivity index (χ0) is 16.8. The molecular weight excluding hydrogens is 306 g/mol. The van der Waals surface area contributed by atoms with Crippen molar-refractivity contribution in [1.82, 2.24) is 25.1 Å². The molecule has 0 aliphatic rings. The van der Waals surface area contributed by atoms with Crippen molar-refractivity contribution in [3.63, 3.8) is 0 Å². The Hall–Kier alpha value is -3.06. The molecule has 0 aliphatic heterocycles. The minimum Gasteiger partial charge on any atom is -0.380 e. The van der Waals surface area contributed by atoms with E-state index < -0.39 is 0 Å². The first kappa shape index (κ1) is 15.8. The lowest BCUT2D eigenvalue weighted by Crippen LogP contribution is -2.23. The second kappa shape index (κ2) is 7.47. The van der Waals surface area contributed by atoms with Crippen molar-refractivity contribution in [2.24, 2.45) is 0 Å². The Morgan fingerprint density at radius 3 is 2.92 bits per heavy atom. The van der Waals surface area contributed by atoms with Crippen molar-refractivity contribution in [3.05, 3.63) is 71.9 Å². The average Bonchev–Trinajstić information content (AvgIpc) is 3.15. The summed E-state index contributed by atoms with van der Waals surface area (Å²) >= 11 is 0. The Bertz CT molecular complexity index is 817. The molecule has 1 amide bonds. The number of nitrogens with zero attached hydrogens (tertiary/aromatic N) is 4. The summed E-state index contributed by atoms with van der Waals surface area (Å²) in [5.41, 5.74) is 2.61. The molecule has 2 heterocycles. The first-order valence-corrected chi connectivity index (χ1v) is 7.42. The number of carbonyl (C=O) groups excluding carboxylic acids is 1. The Labute approximate surface area is 139 Å². The number of carbonyl (C=O) groups is 1. The van der Waals surface area contributed by atoms with Gasteiger partial charge in [0.05, 0.1) is 6.61 Å². The molecule has 7 nitrogen and oxygen atoms in total. The van der Waals surface area contributed by atoms with Gasteiger partial charge in [0.15, 0.2) is 5.82 Å². The third kappa shape index (κ3) is 3.82. The number of aromatic nitrogens is 4. The van der Waals surface area contributed by atoms with Gasteiger partial charge in [0, 0.05) is 25.4 Å². The Morgan fingerprint density at radius 2 is 2.12 bits per heavy atom. The molecule has 0 atom stereocenters. The van der Waals surface area contributed by atoms with E-state index in [4.69, 9.17) is 4.74 Å². The predicted molar refractivity (Wildman–Crippen MR) is 87.5 cm³/mol. The second-order valence-corrected chi connectivity index (χ2v) is 5.18. The summed E-state index contributed by atoms with van der Waals surface area (Å²) in [6, 6.07) is 11.2. The highest BCUT2D eigenvalue weighted by Crippen LogP contribution is 2.08. The Kier molecular flexibility index (Phi) is 4.93. The lowest BCUT2D eigenvalue weighted by molar-refractivity contribution is 0.0950. The van der Waals surface area contributed by atoms with Crippen LogP contribution in [0, 0.1) is 0 Å². The number of nitrogens with one attached hydrogen (secondary N) is 1. The minimum absolute atomic E-state index is 0.170. The number of benzene rings is 1. The van der Waals surface area contributed by atoms with Crippen molar-refractivity contribution < 1.29 is 9.53 Å². The Balaban J connectivity index is 1.67. The SMILES string of the molecule is COCc1cccc(CNC(=O)c2ccnc(-n3cncn3)c2)c1. The van der Waals surface area contributed by atoms with Gasteiger partial charge >= 0.3 is 0 Å². The van der Waals surface area contributed by atoms with Crippen LogP contribution < -0.4 is 5.32 Å². The molecule has 0 radical (unpaired) electrons. The molecule has 1 N–H and O–H groups in total. The molecule has 0 spiro atoms. The van der Waals surface area contributed by atoms with Crippen molar-refractivity contribution in [1.29, 1.82) is 0 Å². The maximum absolute atomic E-state index is 12.3. The highest BCUT2D eigenvalue weighted by molar-refractivity contribution is 5.94. The molecule has 0 aliphatic carbocycles. The molecular formula is C17H17N5O2. The van der Waals surface area contributed by atoms with Crippen LogP contribution in [0.4, 0.5) is 0 Å². The number of ether oxygens (including phenoxy) is 1. The summed E-state index contributed by atoms with van der Waals surface area (Å²) in [5, 5.41) is 6.91. The number of hydrogen-bond acceptors (Lipinski definition) is 5. The lowest BCUT2D eigenvalue weighted by Gasteiger charge is -2.08. The molecule has 3 rings (SSSR count). The van der Waals surface area contributed by atoms with Gasteiger partial charge in [0.1, 0.15) is 12.7 Å². The monoisotopic (exact) mass is 323 g/mol. The van der Waals surface area contributed by atoms with Crippen molar-refractivity contribution in [2.75, 3.05) is 7.11 Å². The normalized spacial score (nSPS) is 10.5. The van der Waals surface area contributed by atoms with Crippen molar-refractivity contribution in [2.45, 2.75) is 13.2 Å². The van der Waals surface area contributed by atoms with Crippen LogP contribution in [-0.2, 0) is 17.9 Å². The molecule has 0 unspecified atom stereocenters. The summed E-state index contributed by atoms with van der Waals surface area (Å²) in [6.45, 7) is 0.991. The van der Waals surface area contributed by atoms with Gasteiger partial charge in [-0.25, -0.2) is 14.6 Å². The van der Waals surface area contributed by atoms with E-state index >= 15 is 0 Å². The van der Waals surface area contributed by atoms with E-state index in [9.17, 15) is 4.79 Å². The van der Waals surface area contributed by atoms with Crippen LogP contribution in [0.15, 0.2) is 55.2 Å². The molecule has 7 heteroatoms. The third-order valence-corrected chi connectivity index (χ3v) is 3.42. The molecule has 0 fully saturated rings. The van der Waals surface area contributed by atoms with Crippen LogP contribution in [0.5, 0.6) is 0 Å². The highest BCUT2D eigenvalue weighted by atomic mass is 16.5. The molecule has 2 aromatic heterocycles. The lowest BCUT2D eigenvalue weighted by atomic mass is 10.1. The molecule has 3 aromatic rings. The van der Waals surface area contributed by atoms with Crippen LogP contribution in [0.3, 0.4) is 0 Å². The molecule has 0 saturated heterocycles. The molecule has 0 bridgehead atoms. The van der Waals surface area contributed by atoms with Crippen LogP contribution in [0.25, 0.3) is 5.82 Å². The number of methoxy groups -OCH3 is 1. The van der Waals surface area contributed by atoms with E-state index in [2.05, 4.69) is 20.4 Å². The second-order valence-electron chi connectivity index (χ2n) is 5.18. The highest BCUT2D eigenvalue weighted by Gasteiger charge is 2.08. The van der Waals surface area contributed by atoms with Crippen molar-refractivity contribution >= 4 is 5.91 Å². The van der Waals surface area contributed by atoms with Crippen LogP contribution in [-0.4, -0.2) is 32.8 Å². The van der Waals surface area contributed by atoms with Gasteiger partial charge in [-0.05, 0) is 23.3 Å². The molecule has 1 aromatic carbocycles. The number of rotatable bonds is 6. The zero-order valence-corrected chi connectivity index (χ0v) is 13.2.